The van der Waals surface area contributed by atoms with Gasteiger partial charge in [-0.25, -0.2) is 0 Å². The first kappa shape index (κ1) is 11.6. The van der Waals surface area contributed by atoms with Crippen LogP contribution in [0.1, 0.15) is 0 Å². The second-order valence-electron chi connectivity index (χ2n) is 0.821. The van der Waals surface area contributed by atoms with Crippen LogP contribution in [-0.2, 0) is 55.0 Å². The number of hydrogen-bond acceptors (Lipinski definition) is 2. The van der Waals surface area contributed by atoms with Gasteiger partial charge in [0.2, 0.25) is 0 Å². The van der Waals surface area contributed by atoms with Crippen LogP contribution in [0.4, 0.5) is 0 Å². The van der Waals surface area contributed by atoms with Gasteiger partial charge >= 0.3 is 0 Å². The maximum Gasteiger partial charge on any atom is 0.122 e. The Balaban J connectivity index is 0. The maximum absolute atomic E-state index is 3.80. The summed E-state index contributed by atoms with van der Waals surface area (Å²) in [6.45, 7) is 0.977. The van der Waals surface area contributed by atoms with Gasteiger partial charge in [-0.05, 0) is 0 Å². The van der Waals surface area contributed by atoms with Crippen molar-refractivity contribution in [1.82, 2.24) is 0 Å². The summed E-state index contributed by atoms with van der Waals surface area (Å²) < 4.78 is 0. The zero-order valence-corrected chi connectivity index (χ0v) is 14.5. The Bertz CT molecular complexity index is 52.9. The van der Waals surface area contributed by atoms with E-state index in [4.69, 9.17) is 0 Å². The number of nitrogens with zero attached hydrogens (tertiary/aromatic N) is 1. The van der Waals surface area contributed by atoms with Crippen LogP contribution in [0.25, 0.3) is 0 Å². The molecule has 0 atom stereocenters. The van der Waals surface area contributed by atoms with Crippen LogP contribution in [-0.4, -0.2) is 17.8 Å². The van der Waals surface area contributed by atoms with Gasteiger partial charge in [0.25, 0.3) is 0 Å². The minimum atomic E-state index is 0. The first-order chi connectivity index (χ1) is 2.50. The van der Waals surface area contributed by atoms with Crippen LogP contribution in [0.3, 0.4) is 0 Å². The van der Waals surface area contributed by atoms with Gasteiger partial charge in [-0.2, -0.15) is 0 Å². The Morgan fingerprint density at radius 3 is 2.43 bits per heavy atom. The van der Waals surface area contributed by atoms with Crippen molar-refractivity contribution in [3.05, 3.63) is 0 Å². The molecule has 1 radical (unpaired) electrons. The fraction of sp³-hybridized carbons (Fsp3) is 0.667. The standard InChI is InChI=1S/C3H4NS.Cd.Hg/c1-2-5-3-4-1;;/h1-2H2;;. The van der Waals surface area contributed by atoms with Gasteiger partial charge in [0.15, 0.2) is 0 Å². The molecule has 1 aliphatic heterocycles. The molecule has 7 heavy (non-hydrogen) atoms. The van der Waals surface area contributed by atoms with E-state index in [1.54, 1.807) is 11.8 Å². The van der Waals surface area contributed by atoms with Gasteiger partial charge in [0, 0.05) is 67.3 Å². The van der Waals surface area contributed by atoms with E-state index in [1.807, 2.05) is 0 Å². The molecule has 1 nitrogen and oxygen atoms in total. The quantitative estimate of drug-likeness (QED) is 0.545. The molecule has 1 heterocycles. The fourth-order valence-corrected chi connectivity index (χ4v) is 0.685. The summed E-state index contributed by atoms with van der Waals surface area (Å²) >= 11 is 1.66. The number of aliphatic imine (C=N–C) groups is 1. The molecule has 0 saturated carbocycles. The minimum absolute atomic E-state index is 0. The Labute approximate surface area is 88.4 Å². The zero-order valence-electron chi connectivity index (χ0n) is 4.18. The molecule has 31 valence electrons. The average molecular weight is 399 g/mol. The van der Waals surface area contributed by atoms with E-state index in [0.29, 0.717) is 0 Å². The van der Waals surface area contributed by atoms with Crippen molar-refractivity contribution in [1.29, 1.82) is 0 Å². The van der Waals surface area contributed by atoms with E-state index in [2.05, 4.69) is 10.5 Å². The monoisotopic (exact) mass is 402 g/mol. The molecule has 0 bridgehead atoms. The third-order valence-electron chi connectivity index (χ3n) is 0.434. The maximum atomic E-state index is 3.80. The molecular weight excluding hydrogens is 395 g/mol. The molecule has 0 fully saturated rings. The summed E-state index contributed by atoms with van der Waals surface area (Å²) in [6.07, 6.45) is 0. The molecular formula is C3H4CdHgNS. The average Bonchev–Trinajstić information content (AvgIpc) is 1.76. The van der Waals surface area contributed by atoms with E-state index in [0.717, 1.165) is 12.3 Å². The van der Waals surface area contributed by atoms with Crippen LogP contribution in [0.5, 0.6) is 0 Å². The van der Waals surface area contributed by atoms with Gasteiger partial charge in [-0.3, -0.25) is 4.99 Å². The molecule has 0 unspecified atom stereocenters. The van der Waals surface area contributed by atoms with Gasteiger partial charge < -0.3 is 0 Å². The van der Waals surface area contributed by atoms with E-state index >= 15 is 0 Å². The molecule has 0 aromatic rings. The van der Waals surface area contributed by atoms with E-state index in [9.17, 15) is 0 Å². The Morgan fingerprint density at radius 1 is 1.57 bits per heavy atom. The van der Waals surface area contributed by atoms with Crippen LogP contribution in [0.2, 0.25) is 0 Å². The van der Waals surface area contributed by atoms with Crippen molar-refractivity contribution in [3.63, 3.8) is 0 Å². The number of thioether (sulfide) groups is 1. The second kappa shape index (κ2) is 7.88. The largest absolute Gasteiger partial charge is 0.275 e. The molecule has 0 N–H and O–H groups in total. The fourth-order valence-electron chi connectivity index (χ4n) is 0.228. The Kier molecular flexibility index (Phi) is 13.1. The number of hydrogen-bond donors (Lipinski definition) is 0. The zero-order chi connectivity index (χ0) is 3.54. The molecule has 0 aromatic heterocycles. The number of rotatable bonds is 0. The summed E-state index contributed by atoms with van der Waals surface area (Å²) in [5.74, 6) is 1.14. The van der Waals surface area contributed by atoms with E-state index in [-0.39, 0.29) is 55.0 Å². The SMILES string of the molecule is [C]1=NCCS1.[Cd].[Hg]. The summed E-state index contributed by atoms with van der Waals surface area (Å²) in [7, 11) is 0. The van der Waals surface area contributed by atoms with Crippen LogP contribution in [0.15, 0.2) is 4.99 Å². The summed E-state index contributed by atoms with van der Waals surface area (Å²) in [4.78, 5) is 3.80. The molecule has 0 amide bonds. The van der Waals surface area contributed by atoms with Crippen molar-refractivity contribution in [2.45, 2.75) is 0 Å². The second-order valence-corrected chi connectivity index (χ2v) is 1.70. The third-order valence-corrected chi connectivity index (χ3v) is 1.08. The smallest absolute Gasteiger partial charge is 0.122 e. The van der Waals surface area contributed by atoms with Crippen LogP contribution in [0, 0.1) is 0 Å². The topological polar surface area (TPSA) is 12.4 Å². The summed E-state index contributed by atoms with van der Waals surface area (Å²) in [6, 6.07) is 0. The van der Waals surface area contributed by atoms with Gasteiger partial charge in [-0.1, -0.05) is 0 Å². The molecule has 0 aliphatic carbocycles. The molecule has 0 aromatic carbocycles. The van der Waals surface area contributed by atoms with E-state index < -0.39 is 0 Å². The van der Waals surface area contributed by atoms with Crippen LogP contribution < -0.4 is 0 Å². The van der Waals surface area contributed by atoms with E-state index in [1.165, 1.54) is 0 Å². The molecule has 0 saturated heterocycles. The minimum Gasteiger partial charge on any atom is -0.275 e. The third kappa shape index (κ3) is 5.75. The van der Waals surface area contributed by atoms with Crippen molar-refractivity contribution in [2.75, 3.05) is 12.3 Å². The summed E-state index contributed by atoms with van der Waals surface area (Å²) in [5.41, 5.74) is 2.76. The Morgan fingerprint density at radius 2 is 2.29 bits per heavy atom. The summed E-state index contributed by atoms with van der Waals surface area (Å²) in [5, 5.41) is 0. The predicted octanol–water partition coefficient (Wildman–Crippen LogP) is 0.634. The first-order valence-electron chi connectivity index (χ1n) is 1.53. The first-order valence-corrected chi connectivity index (χ1v) is 2.52. The van der Waals surface area contributed by atoms with Gasteiger partial charge in [0.05, 0.1) is 0 Å². The van der Waals surface area contributed by atoms with Gasteiger partial charge in [-0.15, -0.1) is 11.8 Å². The normalized spacial score (nSPS) is 14.9. The molecule has 1 rings (SSSR count). The molecule has 1 aliphatic rings. The van der Waals surface area contributed by atoms with Crippen LogP contribution >= 0.6 is 11.8 Å². The van der Waals surface area contributed by atoms with Gasteiger partial charge in [0.1, 0.15) is 5.55 Å². The molecule has 4 heteroatoms. The van der Waals surface area contributed by atoms with Crippen molar-refractivity contribution >= 4 is 17.3 Å². The van der Waals surface area contributed by atoms with Crippen molar-refractivity contribution < 1.29 is 55.0 Å². The Hall–Kier alpha value is 1.88. The predicted molar refractivity (Wildman–Crippen MR) is 24.8 cm³/mol. The van der Waals surface area contributed by atoms with Crippen molar-refractivity contribution in [3.8, 4) is 0 Å². The van der Waals surface area contributed by atoms with Crippen molar-refractivity contribution in [2.24, 2.45) is 4.99 Å². The molecule has 0 spiro atoms.